The zero-order chi connectivity index (χ0) is 22.7. The summed E-state index contributed by atoms with van der Waals surface area (Å²) in [7, 11) is 1.78. The third-order valence-corrected chi connectivity index (χ3v) is 9.02. The van der Waals surface area contributed by atoms with Crippen molar-refractivity contribution < 1.29 is 14.6 Å². The summed E-state index contributed by atoms with van der Waals surface area (Å²) in [6.45, 7) is 8.61. The second-order valence-electron chi connectivity index (χ2n) is 12.2. The van der Waals surface area contributed by atoms with Crippen molar-refractivity contribution in [3.05, 3.63) is 29.3 Å². The maximum Gasteiger partial charge on any atom is 0.225 e. The molecule has 1 aromatic carbocycles. The van der Waals surface area contributed by atoms with Gasteiger partial charge in [-0.25, -0.2) is 0 Å². The van der Waals surface area contributed by atoms with Gasteiger partial charge in [0.15, 0.2) is 0 Å². The summed E-state index contributed by atoms with van der Waals surface area (Å²) in [5.41, 5.74) is 3.33. The van der Waals surface area contributed by atoms with Gasteiger partial charge in [0.2, 0.25) is 5.91 Å². The molecule has 1 aromatic rings. The fraction of sp³-hybridized carbons (Fsp3) is 0.741. The van der Waals surface area contributed by atoms with Crippen LogP contribution in [0.2, 0.25) is 0 Å². The number of nitrogens with zero attached hydrogens (tertiary/aromatic N) is 1. The molecule has 1 unspecified atom stereocenters. The van der Waals surface area contributed by atoms with Gasteiger partial charge in [0.25, 0.3) is 0 Å². The number of aliphatic hydroxyl groups excluding tert-OH is 1. The standard InChI is InChI=1S/C27H40N2O3/c1-25(2,3)20-5-6-22(32-4)21(13-20)18-14-26(15-18)9-11-29(12-10-26)24(31)19-16-27(17-19)8-7-23(30)28-27/h5-6,13,18-19,23,28,30H,7-12,14-17H2,1-4H3/t19-,23?,27+. The predicted octanol–water partition coefficient (Wildman–Crippen LogP) is 4.33. The second-order valence-corrected chi connectivity index (χ2v) is 12.2. The number of hydrogen-bond acceptors (Lipinski definition) is 4. The Labute approximate surface area is 192 Å². The van der Waals surface area contributed by atoms with E-state index >= 15 is 0 Å². The van der Waals surface area contributed by atoms with Crippen LogP contribution < -0.4 is 10.1 Å². The average molecular weight is 441 g/mol. The fourth-order valence-electron chi connectivity index (χ4n) is 6.88. The number of carbonyl (C=O) groups is 1. The fourth-order valence-corrected chi connectivity index (χ4v) is 6.88. The second kappa shape index (κ2) is 7.73. The largest absolute Gasteiger partial charge is 0.496 e. The van der Waals surface area contributed by atoms with Gasteiger partial charge < -0.3 is 14.7 Å². The van der Waals surface area contributed by atoms with E-state index in [1.165, 1.54) is 24.0 Å². The van der Waals surface area contributed by atoms with E-state index in [0.29, 0.717) is 17.2 Å². The number of benzene rings is 1. The molecule has 1 atom stereocenters. The Bertz CT molecular complexity index is 867. The van der Waals surface area contributed by atoms with Crippen LogP contribution in [-0.4, -0.2) is 47.9 Å². The minimum Gasteiger partial charge on any atom is -0.496 e. The summed E-state index contributed by atoms with van der Waals surface area (Å²) in [6, 6.07) is 6.72. The van der Waals surface area contributed by atoms with Gasteiger partial charge in [-0.1, -0.05) is 32.9 Å². The Hall–Kier alpha value is -1.59. The Morgan fingerprint density at radius 1 is 1.12 bits per heavy atom. The van der Waals surface area contributed by atoms with Crippen molar-refractivity contribution in [3.63, 3.8) is 0 Å². The molecule has 5 nitrogen and oxygen atoms in total. The van der Waals surface area contributed by atoms with E-state index < -0.39 is 0 Å². The van der Waals surface area contributed by atoms with Crippen molar-refractivity contribution in [1.82, 2.24) is 10.2 Å². The van der Waals surface area contributed by atoms with Crippen LogP contribution in [0.1, 0.15) is 89.2 Å². The third kappa shape index (κ3) is 3.86. The van der Waals surface area contributed by atoms with Crippen LogP contribution in [-0.2, 0) is 10.2 Å². The molecule has 2 heterocycles. The first-order chi connectivity index (χ1) is 15.1. The summed E-state index contributed by atoms with van der Waals surface area (Å²) < 4.78 is 5.71. The van der Waals surface area contributed by atoms with Crippen molar-refractivity contribution in [2.45, 2.75) is 95.2 Å². The van der Waals surface area contributed by atoms with Crippen molar-refractivity contribution in [2.75, 3.05) is 20.2 Å². The highest BCUT2D eigenvalue weighted by Gasteiger charge is 2.53. The molecule has 4 aliphatic rings. The van der Waals surface area contributed by atoms with Gasteiger partial charge in [0.1, 0.15) is 12.0 Å². The van der Waals surface area contributed by atoms with Crippen molar-refractivity contribution in [2.24, 2.45) is 11.3 Å². The van der Waals surface area contributed by atoms with Crippen LogP contribution in [0.25, 0.3) is 0 Å². The molecule has 32 heavy (non-hydrogen) atoms. The third-order valence-electron chi connectivity index (χ3n) is 9.02. The molecular formula is C27H40N2O3. The van der Waals surface area contributed by atoms with Crippen LogP contribution >= 0.6 is 0 Å². The van der Waals surface area contributed by atoms with Crippen LogP contribution in [0.3, 0.4) is 0 Å². The molecule has 5 rings (SSSR count). The zero-order valence-corrected chi connectivity index (χ0v) is 20.2. The first-order valence-electron chi connectivity index (χ1n) is 12.6. The minimum absolute atomic E-state index is 0.0403. The lowest BCUT2D eigenvalue weighted by molar-refractivity contribution is -0.145. The Morgan fingerprint density at radius 2 is 1.81 bits per heavy atom. The number of nitrogens with one attached hydrogen (secondary N) is 1. The summed E-state index contributed by atoms with van der Waals surface area (Å²) in [5, 5.41) is 13.1. The Morgan fingerprint density at radius 3 is 2.38 bits per heavy atom. The number of rotatable bonds is 3. The lowest BCUT2D eigenvalue weighted by Crippen LogP contribution is -2.58. The van der Waals surface area contributed by atoms with Gasteiger partial charge in [-0.15, -0.1) is 0 Å². The van der Waals surface area contributed by atoms with Gasteiger partial charge >= 0.3 is 0 Å². The van der Waals surface area contributed by atoms with E-state index in [4.69, 9.17) is 4.74 Å². The minimum atomic E-state index is -0.379. The molecule has 2 saturated heterocycles. The molecule has 4 fully saturated rings. The summed E-state index contributed by atoms with van der Waals surface area (Å²) in [5.74, 6) is 2.10. The van der Waals surface area contributed by atoms with Crippen LogP contribution in [0.15, 0.2) is 18.2 Å². The number of carbonyl (C=O) groups excluding carboxylic acids is 1. The van der Waals surface area contributed by atoms with Gasteiger partial charge in [-0.2, -0.15) is 0 Å². The molecule has 2 aliphatic heterocycles. The van der Waals surface area contributed by atoms with Gasteiger partial charge in [-0.3, -0.25) is 10.1 Å². The molecule has 2 saturated carbocycles. The summed E-state index contributed by atoms with van der Waals surface area (Å²) in [6.07, 6.45) is 7.93. The molecule has 1 amide bonds. The van der Waals surface area contributed by atoms with Gasteiger partial charge in [0.05, 0.1) is 7.11 Å². The van der Waals surface area contributed by atoms with E-state index in [-0.39, 0.29) is 23.1 Å². The van der Waals surface area contributed by atoms with E-state index in [2.05, 4.69) is 49.2 Å². The first-order valence-corrected chi connectivity index (χ1v) is 12.6. The number of likely N-dealkylation sites (tertiary alicyclic amines) is 1. The Kier molecular flexibility index (Phi) is 5.37. The summed E-state index contributed by atoms with van der Waals surface area (Å²) in [4.78, 5) is 15.2. The average Bonchev–Trinajstić information content (AvgIpc) is 3.11. The molecule has 5 heteroatoms. The highest BCUT2D eigenvalue weighted by atomic mass is 16.5. The first kappa shape index (κ1) is 22.2. The van der Waals surface area contributed by atoms with Crippen molar-refractivity contribution in [3.8, 4) is 5.75 Å². The lowest BCUT2D eigenvalue weighted by atomic mass is 9.55. The molecule has 176 valence electrons. The molecule has 2 aliphatic carbocycles. The van der Waals surface area contributed by atoms with Gasteiger partial charge in [-0.05, 0) is 85.3 Å². The number of methoxy groups -OCH3 is 1. The highest BCUT2D eigenvalue weighted by Crippen LogP contribution is 2.58. The molecule has 0 aromatic heterocycles. The molecule has 2 N–H and O–H groups in total. The van der Waals surface area contributed by atoms with Crippen LogP contribution in [0, 0.1) is 11.3 Å². The molecule has 2 spiro atoms. The smallest absolute Gasteiger partial charge is 0.225 e. The number of aliphatic hydroxyl groups is 1. The van der Waals surface area contributed by atoms with E-state index in [9.17, 15) is 9.90 Å². The number of hydrogen-bond donors (Lipinski definition) is 2. The van der Waals surface area contributed by atoms with Crippen molar-refractivity contribution >= 4 is 5.91 Å². The highest BCUT2D eigenvalue weighted by molar-refractivity contribution is 5.80. The molecule has 0 radical (unpaired) electrons. The van der Waals surface area contributed by atoms with E-state index in [1.807, 2.05) is 0 Å². The van der Waals surface area contributed by atoms with Crippen molar-refractivity contribution in [1.29, 1.82) is 0 Å². The number of piperidine rings is 1. The van der Waals surface area contributed by atoms with E-state index in [1.54, 1.807) is 7.11 Å². The van der Waals surface area contributed by atoms with Gasteiger partial charge in [0, 0.05) is 24.5 Å². The predicted molar refractivity (Wildman–Crippen MR) is 126 cm³/mol. The lowest BCUT2D eigenvalue weighted by Gasteiger charge is -2.54. The Balaban J connectivity index is 1.16. The zero-order valence-electron chi connectivity index (χ0n) is 20.2. The summed E-state index contributed by atoms with van der Waals surface area (Å²) >= 11 is 0. The monoisotopic (exact) mass is 440 g/mol. The van der Waals surface area contributed by atoms with Crippen LogP contribution in [0.4, 0.5) is 0 Å². The maximum absolute atomic E-state index is 13.0. The number of amides is 1. The molecular weight excluding hydrogens is 400 g/mol. The quantitative estimate of drug-likeness (QED) is 0.734. The van der Waals surface area contributed by atoms with E-state index in [0.717, 1.165) is 57.4 Å². The van der Waals surface area contributed by atoms with Crippen LogP contribution in [0.5, 0.6) is 5.75 Å². The maximum atomic E-state index is 13.0. The topological polar surface area (TPSA) is 61.8 Å². The molecule has 0 bridgehead atoms. The normalized spacial score (nSPS) is 29.1. The number of ether oxygens (including phenoxy) is 1. The SMILES string of the molecule is COc1ccc(C(C)(C)C)cc1C1CC2(CCN(C(=O)[C@H]3C[C@]4(CCC(O)N4)C3)CC2)C1.